The third kappa shape index (κ3) is 8.26. The fourth-order valence-electron chi connectivity index (χ4n) is 3.98. The number of nitrogens with zero attached hydrogens (tertiary/aromatic N) is 1. The number of unbranched alkanes of at least 4 members (excludes halogenated alkanes) is 1. The van der Waals surface area contributed by atoms with Gasteiger partial charge in [-0.2, -0.15) is 0 Å². The van der Waals surface area contributed by atoms with E-state index in [-0.39, 0.29) is 19.6 Å². The van der Waals surface area contributed by atoms with E-state index in [1.54, 1.807) is 19.1 Å². The van der Waals surface area contributed by atoms with Crippen LogP contribution in [0.3, 0.4) is 0 Å². The van der Waals surface area contributed by atoms with Gasteiger partial charge in [-0.3, -0.25) is 14.9 Å². The van der Waals surface area contributed by atoms with Crippen LogP contribution in [-0.2, 0) is 25.5 Å². The number of rotatable bonds is 13. The second-order valence-corrected chi connectivity index (χ2v) is 8.64. The highest BCUT2D eigenvalue weighted by Crippen LogP contribution is 2.21. The maximum Gasteiger partial charge on any atom is 0.326 e. The van der Waals surface area contributed by atoms with E-state index in [1.165, 1.54) is 4.90 Å². The van der Waals surface area contributed by atoms with Crippen molar-refractivity contribution in [2.45, 2.75) is 69.7 Å². The average Bonchev–Trinajstić information content (AvgIpc) is 3.18. The fraction of sp³-hybridized carbons (Fsp3) is 0.609. The summed E-state index contributed by atoms with van der Waals surface area (Å²) < 4.78 is 5.22. The molecule has 2 rings (SSSR count). The number of likely N-dealkylation sites (tertiary alicyclic amines) is 1. The van der Waals surface area contributed by atoms with E-state index in [9.17, 15) is 24.6 Å². The van der Waals surface area contributed by atoms with Crippen LogP contribution in [0.25, 0.3) is 0 Å². The fourth-order valence-corrected chi connectivity index (χ4v) is 4.11. The number of halogens is 1. The minimum absolute atomic E-state index is 0.0194. The van der Waals surface area contributed by atoms with Crippen molar-refractivity contribution in [1.82, 2.24) is 10.2 Å². The quantitative estimate of drug-likeness (QED) is 0.243. The molecule has 1 aliphatic heterocycles. The van der Waals surface area contributed by atoms with Gasteiger partial charge >= 0.3 is 11.9 Å². The summed E-state index contributed by atoms with van der Waals surface area (Å²) in [4.78, 5) is 38.8. The second kappa shape index (κ2) is 13.5. The zero-order valence-corrected chi connectivity index (χ0v) is 19.7. The number of aliphatic carboxylic acids is 1. The Hall–Kier alpha value is -2.20. The number of hydrogen-bond donors (Lipinski definition) is 4. The number of amides is 1. The zero-order chi connectivity index (χ0) is 24.4. The highest BCUT2D eigenvalue weighted by molar-refractivity contribution is 6.30. The van der Waals surface area contributed by atoms with Crippen LogP contribution in [0.1, 0.15) is 44.6 Å². The molecule has 184 valence electrons. The van der Waals surface area contributed by atoms with Gasteiger partial charge in [-0.05, 0) is 56.8 Å². The number of aryl methyl sites for hydroxylation is 1. The molecule has 0 bridgehead atoms. The first-order valence-corrected chi connectivity index (χ1v) is 11.7. The van der Waals surface area contributed by atoms with E-state index in [1.807, 2.05) is 12.1 Å². The normalized spacial score (nSPS) is 19.8. The van der Waals surface area contributed by atoms with Crippen molar-refractivity contribution in [2.75, 3.05) is 19.7 Å². The van der Waals surface area contributed by atoms with Crippen LogP contribution in [0.2, 0.25) is 5.02 Å². The van der Waals surface area contributed by atoms with Crippen molar-refractivity contribution in [3.05, 3.63) is 34.9 Å². The highest BCUT2D eigenvalue weighted by Gasteiger charge is 2.41. The summed E-state index contributed by atoms with van der Waals surface area (Å²) in [6, 6.07) is 4.63. The Balaban J connectivity index is 2.18. The number of benzene rings is 1. The molecule has 0 aliphatic carbocycles. The van der Waals surface area contributed by atoms with Crippen LogP contribution in [0.15, 0.2) is 24.3 Å². The van der Waals surface area contributed by atoms with Crippen molar-refractivity contribution in [3.8, 4) is 0 Å². The lowest BCUT2D eigenvalue weighted by atomic mass is 10.0. The molecule has 1 saturated heterocycles. The van der Waals surface area contributed by atoms with Crippen LogP contribution in [0, 0.1) is 0 Å². The predicted molar refractivity (Wildman–Crippen MR) is 124 cm³/mol. The number of ether oxygens (including phenoxy) is 1. The molecule has 4 atom stereocenters. The zero-order valence-electron chi connectivity index (χ0n) is 18.9. The maximum atomic E-state index is 13.3. The number of nitrogens with one attached hydrogen (secondary N) is 1. The number of aliphatic hydroxyl groups excluding tert-OH is 1. The van der Waals surface area contributed by atoms with Gasteiger partial charge in [0.1, 0.15) is 12.1 Å². The number of nitrogens with two attached hydrogens (primary N) is 1. The summed E-state index contributed by atoms with van der Waals surface area (Å²) in [5.41, 5.74) is 6.58. The van der Waals surface area contributed by atoms with Crippen molar-refractivity contribution >= 4 is 29.4 Å². The Morgan fingerprint density at radius 3 is 2.52 bits per heavy atom. The van der Waals surface area contributed by atoms with E-state index < -0.39 is 42.1 Å². The smallest absolute Gasteiger partial charge is 0.326 e. The molecule has 1 aromatic rings. The van der Waals surface area contributed by atoms with Gasteiger partial charge in [0, 0.05) is 18.0 Å². The molecular formula is C23H34ClN3O6. The Bertz CT molecular complexity index is 791. The van der Waals surface area contributed by atoms with E-state index in [0.29, 0.717) is 43.7 Å². The maximum absolute atomic E-state index is 13.3. The van der Waals surface area contributed by atoms with Crippen LogP contribution >= 0.6 is 11.6 Å². The minimum Gasteiger partial charge on any atom is -0.480 e. The summed E-state index contributed by atoms with van der Waals surface area (Å²) in [7, 11) is 0. The number of esters is 1. The van der Waals surface area contributed by atoms with Gasteiger partial charge in [-0.1, -0.05) is 30.2 Å². The van der Waals surface area contributed by atoms with E-state index in [2.05, 4.69) is 5.32 Å². The molecule has 0 spiro atoms. The SMILES string of the molecule is CCOC(=O)[C@H](CCc1ccc(Cl)cc1)N[C@@H](CCCCN)C(=O)N1C[C@H](O)C[C@H]1C(=O)O. The van der Waals surface area contributed by atoms with Gasteiger partial charge in [0.15, 0.2) is 0 Å². The molecule has 10 heteroatoms. The van der Waals surface area contributed by atoms with Crippen molar-refractivity contribution in [3.63, 3.8) is 0 Å². The number of carboxylic acids is 1. The monoisotopic (exact) mass is 483 g/mol. The molecule has 0 unspecified atom stereocenters. The molecule has 1 fully saturated rings. The lowest BCUT2D eigenvalue weighted by Gasteiger charge is -2.29. The van der Waals surface area contributed by atoms with Gasteiger partial charge in [0.2, 0.25) is 5.91 Å². The first kappa shape index (κ1) is 27.0. The lowest BCUT2D eigenvalue weighted by molar-refractivity contribution is -0.150. The van der Waals surface area contributed by atoms with Crippen LogP contribution in [0.4, 0.5) is 0 Å². The molecule has 9 nitrogen and oxygen atoms in total. The van der Waals surface area contributed by atoms with E-state index in [0.717, 1.165) is 5.56 Å². The Labute approximate surface area is 199 Å². The third-order valence-corrected chi connectivity index (χ3v) is 5.95. The first-order valence-electron chi connectivity index (χ1n) is 11.3. The first-order chi connectivity index (χ1) is 15.8. The molecule has 5 N–H and O–H groups in total. The van der Waals surface area contributed by atoms with Crippen LogP contribution in [0.5, 0.6) is 0 Å². The van der Waals surface area contributed by atoms with E-state index >= 15 is 0 Å². The van der Waals surface area contributed by atoms with E-state index in [4.69, 9.17) is 22.1 Å². The second-order valence-electron chi connectivity index (χ2n) is 8.21. The molecule has 1 amide bonds. The molecule has 0 saturated carbocycles. The average molecular weight is 484 g/mol. The summed E-state index contributed by atoms with van der Waals surface area (Å²) in [5.74, 6) is -2.08. The van der Waals surface area contributed by atoms with Crippen molar-refractivity contribution < 1.29 is 29.3 Å². The van der Waals surface area contributed by atoms with Crippen LogP contribution < -0.4 is 11.1 Å². The Morgan fingerprint density at radius 1 is 1.21 bits per heavy atom. The molecule has 1 aliphatic rings. The Kier molecular flexibility index (Phi) is 11.1. The van der Waals surface area contributed by atoms with Gasteiger partial charge in [-0.25, -0.2) is 4.79 Å². The summed E-state index contributed by atoms with van der Waals surface area (Å²) in [6.45, 7) is 2.31. The van der Waals surface area contributed by atoms with Gasteiger partial charge in [-0.15, -0.1) is 0 Å². The number of hydrogen-bond acceptors (Lipinski definition) is 7. The number of β-amino-alcohol motifs (C(OH)–C–C–N with tert-alkyl or cyclic N) is 1. The number of carbonyl (C=O) groups is 3. The lowest BCUT2D eigenvalue weighted by Crippen LogP contribution is -2.54. The molecule has 0 aromatic heterocycles. The van der Waals surface area contributed by atoms with Gasteiger partial charge < -0.3 is 25.6 Å². The van der Waals surface area contributed by atoms with Crippen molar-refractivity contribution in [1.29, 1.82) is 0 Å². The number of carboxylic acid groups (broad SMARTS) is 1. The molecule has 0 radical (unpaired) electrons. The summed E-state index contributed by atoms with van der Waals surface area (Å²) in [6.07, 6.45) is 1.71. The molecular weight excluding hydrogens is 450 g/mol. The minimum atomic E-state index is -1.16. The Morgan fingerprint density at radius 2 is 1.91 bits per heavy atom. The number of carbonyl (C=O) groups excluding carboxylic acids is 2. The summed E-state index contributed by atoms with van der Waals surface area (Å²) in [5, 5.41) is 23.2. The largest absolute Gasteiger partial charge is 0.480 e. The van der Waals surface area contributed by atoms with Crippen LogP contribution in [-0.4, -0.2) is 76.9 Å². The molecule has 33 heavy (non-hydrogen) atoms. The highest BCUT2D eigenvalue weighted by atomic mass is 35.5. The third-order valence-electron chi connectivity index (χ3n) is 5.70. The van der Waals surface area contributed by atoms with Gasteiger partial charge in [0.25, 0.3) is 0 Å². The molecule has 1 heterocycles. The van der Waals surface area contributed by atoms with Crippen molar-refractivity contribution in [2.24, 2.45) is 5.73 Å². The standard InChI is InChI=1S/C23H34ClN3O6/c1-2-33-23(32)19(11-8-15-6-9-16(24)10-7-15)26-18(5-3-4-12-25)21(29)27-14-17(28)13-20(27)22(30)31/h6-7,9-10,17-20,26,28H,2-5,8,11-14,25H2,1H3,(H,30,31)/t17-,18+,19+,20+/m1/s1. The summed E-state index contributed by atoms with van der Waals surface area (Å²) >= 11 is 5.94. The topological polar surface area (TPSA) is 142 Å². The molecule has 1 aromatic carbocycles. The predicted octanol–water partition coefficient (Wildman–Crippen LogP) is 1.34. The van der Waals surface area contributed by atoms with Gasteiger partial charge in [0.05, 0.1) is 18.8 Å². The number of aliphatic hydroxyl groups is 1.